The fourth-order valence-corrected chi connectivity index (χ4v) is 3.91. The van der Waals surface area contributed by atoms with E-state index in [2.05, 4.69) is 34.4 Å². The summed E-state index contributed by atoms with van der Waals surface area (Å²) in [6.07, 6.45) is 4.55. The molecule has 1 saturated heterocycles. The van der Waals surface area contributed by atoms with Gasteiger partial charge in [0.2, 0.25) is 0 Å². The number of benzene rings is 1. The maximum absolute atomic E-state index is 13.6. The van der Waals surface area contributed by atoms with Crippen molar-refractivity contribution in [2.75, 3.05) is 59.4 Å². The van der Waals surface area contributed by atoms with Crippen LogP contribution in [0.15, 0.2) is 29.3 Å². The van der Waals surface area contributed by atoms with E-state index in [0.717, 1.165) is 50.4 Å². The van der Waals surface area contributed by atoms with Crippen LogP contribution in [-0.4, -0.2) is 75.2 Å². The molecule has 1 aliphatic carbocycles. The van der Waals surface area contributed by atoms with Gasteiger partial charge in [-0.2, -0.15) is 0 Å². The van der Waals surface area contributed by atoms with Crippen LogP contribution in [0.5, 0.6) is 0 Å². The minimum absolute atomic E-state index is 0.0303. The molecular formula is C22H36FN5. The summed E-state index contributed by atoms with van der Waals surface area (Å²) in [5, 5.41) is 6.82. The zero-order valence-corrected chi connectivity index (χ0v) is 17.5. The number of rotatable bonds is 8. The highest BCUT2D eigenvalue weighted by molar-refractivity contribution is 5.79. The number of nitrogens with zero attached hydrogens (tertiary/aromatic N) is 3. The first-order valence-electron chi connectivity index (χ1n) is 10.8. The Kier molecular flexibility index (Phi) is 7.68. The Hall–Kier alpha value is -1.66. The Morgan fingerprint density at radius 3 is 2.79 bits per heavy atom. The van der Waals surface area contributed by atoms with Gasteiger partial charge in [0, 0.05) is 31.6 Å². The third-order valence-corrected chi connectivity index (χ3v) is 5.93. The molecular weight excluding hydrogens is 353 g/mol. The van der Waals surface area contributed by atoms with Gasteiger partial charge in [-0.3, -0.25) is 4.99 Å². The van der Waals surface area contributed by atoms with Gasteiger partial charge in [0.05, 0.1) is 6.54 Å². The van der Waals surface area contributed by atoms with Crippen LogP contribution in [0.3, 0.4) is 0 Å². The van der Waals surface area contributed by atoms with Crippen LogP contribution in [0.1, 0.15) is 38.2 Å². The maximum Gasteiger partial charge on any atom is 0.191 e. The molecule has 1 aliphatic heterocycles. The number of hydrogen-bond acceptors (Lipinski definition) is 3. The summed E-state index contributed by atoms with van der Waals surface area (Å²) < 4.78 is 13.6. The molecule has 3 rings (SSSR count). The van der Waals surface area contributed by atoms with Gasteiger partial charge < -0.3 is 20.4 Å². The van der Waals surface area contributed by atoms with E-state index < -0.39 is 0 Å². The largest absolute Gasteiger partial charge is 0.357 e. The van der Waals surface area contributed by atoms with Crippen molar-refractivity contribution in [3.05, 3.63) is 35.6 Å². The predicted molar refractivity (Wildman–Crippen MR) is 114 cm³/mol. The van der Waals surface area contributed by atoms with Crippen molar-refractivity contribution >= 4 is 5.96 Å². The first-order chi connectivity index (χ1) is 13.6. The number of halogens is 1. The summed E-state index contributed by atoms with van der Waals surface area (Å²) in [7, 11) is 2.21. The lowest BCUT2D eigenvalue weighted by atomic mass is 9.96. The molecule has 1 aromatic rings. The molecule has 0 spiro atoms. The van der Waals surface area contributed by atoms with Crippen LogP contribution in [0.25, 0.3) is 0 Å². The Bertz CT molecular complexity index is 644. The standard InChI is InChI=1S/C22H36FN5/c1-3-24-21(25-11-5-13-28-14-6-12-27(2)15-16-28)26-18-22(9-10-22)19-7-4-8-20(23)17-19/h4,7-8,17H,3,5-6,9-16,18H2,1-2H3,(H2,24,25,26). The number of hydrogen-bond donors (Lipinski definition) is 2. The van der Waals surface area contributed by atoms with E-state index in [9.17, 15) is 4.39 Å². The maximum atomic E-state index is 13.6. The summed E-state index contributed by atoms with van der Waals surface area (Å²) >= 11 is 0. The molecule has 0 bridgehead atoms. The molecule has 0 atom stereocenters. The summed E-state index contributed by atoms with van der Waals surface area (Å²) in [5.41, 5.74) is 1.11. The smallest absolute Gasteiger partial charge is 0.191 e. The molecule has 5 nitrogen and oxygen atoms in total. The Balaban J connectivity index is 1.45. The summed E-state index contributed by atoms with van der Waals surface area (Å²) in [4.78, 5) is 9.80. The first kappa shape index (κ1) is 21.1. The molecule has 2 fully saturated rings. The zero-order valence-electron chi connectivity index (χ0n) is 17.5. The van der Waals surface area contributed by atoms with Gasteiger partial charge in [0.25, 0.3) is 0 Å². The van der Waals surface area contributed by atoms with Gasteiger partial charge in [-0.1, -0.05) is 12.1 Å². The molecule has 1 saturated carbocycles. The molecule has 0 aromatic heterocycles. The third kappa shape index (κ3) is 6.17. The summed E-state index contributed by atoms with van der Waals surface area (Å²) in [6.45, 7) is 10.4. The second-order valence-electron chi connectivity index (χ2n) is 8.26. The lowest BCUT2D eigenvalue weighted by Crippen LogP contribution is -2.39. The highest BCUT2D eigenvalue weighted by Crippen LogP contribution is 2.48. The number of guanidine groups is 1. The molecule has 0 radical (unpaired) electrons. The topological polar surface area (TPSA) is 42.9 Å². The van der Waals surface area contributed by atoms with E-state index in [-0.39, 0.29) is 11.2 Å². The first-order valence-corrected chi connectivity index (χ1v) is 10.8. The fraction of sp³-hybridized carbons (Fsp3) is 0.682. The summed E-state index contributed by atoms with van der Waals surface area (Å²) in [6, 6.07) is 7.02. The average Bonchev–Trinajstić information content (AvgIpc) is 3.49. The lowest BCUT2D eigenvalue weighted by molar-refractivity contribution is 0.274. The SMILES string of the molecule is CCNC(=NCC1(c2cccc(F)c2)CC1)NCCCN1CCCN(C)CC1. The van der Waals surface area contributed by atoms with Crippen LogP contribution in [0, 0.1) is 5.82 Å². The predicted octanol–water partition coefficient (Wildman–Crippen LogP) is 2.44. The van der Waals surface area contributed by atoms with E-state index in [4.69, 9.17) is 4.99 Å². The molecule has 1 aromatic carbocycles. The van der Waals surface area contributed by atoms with Crippen molar-refractivity contribution in [1.29, 1.82) is 0 Å². The van der Waals surface area contributed by atoms with Crippen LogP contribution in [0.2, 0.25) is 0 Å². The fourth-order valence-electron chi connectivity index (χ4n) is 3.91. The molecule has 0 amide bonds. The van der Waals surface area contributed by atoms with Crippen molar-refractivity contribution < 1.29 is 4.39 Å². The molecule has 6 heteroatoms. The minimum Gasteiger partial charge on any atom is -0.357 e. The van der Waals surface area contributed by atoms with Crippen LogP contribution in [0.4, 0.5) is 4.39 Å². The van der Waals surface area contributed by atoms with Crippen molar-refractivity contribution in [2.45, 2.75) is 38.0 Å². The van der Waals surface area contributed by atoms with Crippen molar-refractivity contribution in [1.82, 2.24) is 20.4 Å². The monoisotopic (exact) mass is 389 g/mol. The van der Waals surface area contributed by atoms with Gasteiger partial charge in [-0.25, -0.2) is 4.39 Å². The van der Waals surface area contributed by atoms with Gasteiger partial charge in [-0.05, 0) is 77.0 Å². The van der Waals surface area contributed by atoms with Gasteiger partial charge >= 0.3 is 0 Å². The Morgan fingerprint density at radius 2 is 2.04 bits per heavy atom. The van der Waals surface area contributed by atoms with Crippen LogP contribution in [-0.2, 0) is 5.41 Å². The second kappa shape index (κ2) is 10.2. The highest BCUT2D eigenvalue weighted by atomic mass is 19.1. The van der Waals surface area contributed by atoms with Gasteiger partial charge in [0.1, 0.15) is 5.82 Å². The quantitative estimate of drug-likeness (QED) is 0.407. The van der Waals surface area contributed by atoms with Crippen molar-refractivity contribution in [3.8, 4) is 0 Å². The van der Waals surface area contributed by atoms with Gasteiger partial charge in [-0.15, -0.1) is 0 Å². The van der Waals surface area contributed by atoms with E-state index in [0.29, 0.717) is 6.54 Å². The lowest BCUT2D eigenvalue weighted by Gasteiger charge is -2.20. The number of aliphatic imine (C=N–C) groups is 1. The molecule has 2 N–H and O–H groups in total. The minimum atomic E-state index is -0.155. The number of likely N-dealkylation sites (N-methyl/N-ethyl adjacent to an activating group) is 1. The second-order valence-corrected chi connectivity index (χ2v) is 8.26. The average molecular weight is 390 g/mol. The normalized spacial score (nSPS) is 20.6. The molecule has 0 unspecified atom stereocenters. The van der Waals surface area contributed by atoms with E-state index in [1.54, 1.807) is 12.1 Å². The number of nitrogens with one attached hydrogen (secondary N) is 2. The third-order valence-electron chi connectivity index (χ3n) is 5.93. The van der Waals surface area contributed by atoms with E-state index in [1.807, 2.05) is 6.07 Å². The molecule has 156 valence electrons. The summed E-state index contributed by atoms with van der Waals surface area (Å²) in [5.74, 6) is 0.721. The zero-order chi connectivity index (χ0) is 19.8. The van der Waals surface area contributed by atoms with Crippen LogP contribution >= 0.6 is 0 Å². The van der Waals surface area contributed by atoms with Gasteiger partial charge in [0.15, 0.2) is 5.96 Å². The van der Waals surface area contributed by atoms with Crippen molar-refractivity contribution in [3.63, 3.8) is 0 Å². The Morgan fingerprint density at radius 1 is 1.18 bits per heavy atom. The molecule has 28 heavy (non-hydrogen) atoms. The molecule has 2 aliphatic rings. The Labute approximate surface area is 169 Å². The van der Waals surface area contributed by atoms with Crippen molar-refractivity contribution in [2.24, 2.45) is 4.99 Å². The van der Waals surface area contributed by atoms with E-state index in [1.165, 1.54) is 38.7 Å². The molecule has 1 heterocycles. The highest BCUT2D eigenvalue weighted by Gasteiger charge is 2.44. The van der Waals surface area contributed by atoms with Crippen LogP contribution < -0.4 is 10.6 Å². The van der Waals surface area contributed by atoms with E-state index >= 15 is 0 Å².